The zero-order chi connectivity index (χ0) is 24.5. The SMILES string of the molecule is CCOc1cc(C=NNC(=O)C(=O)Nc2ccc(Br)cc2C)ccc1OCc1ccccc1Cl. The van der Waals surface area contributed by atoms with Gasteiger partial charge in [-0.1, -0.05) is 45.7 Å². The lowest BCUT2D eigenvalue weighted by Crippen LogP contribution is -2.32. The molecule has 176 valence electrons. The van der Waals surface area contributed by atoms with E-state index in [0.717, 1.165) is 15.6 Å². The van der Waals surface area contributed by atoms with Gasteiger partial charge in [0.25, 0.3) is 0 Å². The maximum atomic E-state index is 12.1. The van der Waals surface area contributed by atoms with Gasteiger partial charge < -0.3 is 14.8 Å². The minimum atomic E-state index is -0.886. The van der Waals surface area contributed by atoms with Crippen LogP contribution in [0, 0.1) is 6.92 Å². The Kier molecular flexibility index (Phi) is 9.07. The Morgan fingerprint density at radius 3 is 2.56 bits per heavy atom. The summed E-state index contributed by atoms with van der Waals surface area (Å²) >= 11 is 9.54. The first-order chi connectivity index (χ1) is 16.4. The van der Waals surface area contributed by atoms with E-state index in [9.17, 15) is 9.59 Å². The third kappa shape index (κ3) is 7.07. The second-order valence-electron chi connectivity index (χ2n) is 7.13. The van der Waals surface area contributed by atoms with Gasteiger partial charge in [-0.3, -0.25) is 9.59 Å². The van der Waals surface area contributed by atoms with Crippen LogP contribution in [0.15, 0.2) is 70.2 Å². The molecule has 0 bridgehead atoms. The summed E-state index contributed by atoms with van der Waals surface area (Å²) < 4.78 is 12.4. The summed E-state index contributed by atoms with van der Waals surface area (Å²) in [6, 6.07) is 18.0. The summed E-state index contributed by atoms with van der Waals surface area (Å²) in [6.45, 7) is 4.42. The third-order valence-corrected chi connectivity index (χ3v) is 5.49. The number of benzene rings is 3. The Morgan fingerprint density at radius 1 is 1.03 bits per heavy atom. The van der Waals surface area contributed by atoms with Crippen molar-refractivity contribution in [1.29, 1.82) is 0 Å². The predicted octanol–water partition coefficient (Wildman–Crippen LogP) is 5.48. The molecule has 0 aliphatic rings. The van der Waals surface area contributed by atoms with Gasteiger partial charge in [0.05, 0.1) is 12.8 Å². The van der Waals surface area contributed by atoms with Crippen molar-refractivity contribution in [3.63, 3.8) is 0 Å². The standard InChI is InChI=1S/C25H23BrClN3O4/c1-3-33-23-13-17(8-11-22(23)34-15-18-6-4-5-7-20(18)27)14-28-30-25(32)24(31)29-21-10-9-19(26)12-16(21)2/h4-14H,3,15H2,1-2H3,(H,29,31)(H,30,32). The van der Waals surface area contributed by atoms with Crippen molar-refractivity contribution in [2.45, 2.75) is 20.5 Å². The van der Waals surface area contributed by atoms with Crippen LogP contribution < -0.4 is 20.2 Å². The molecule has 9 heteroatoms. The van der Waals surface area contributed by atoms with Crippen LogP contribution in [0.1, 0.15) is 23.6 Å². The van der Waals surface area contributed by atoms with E-state index in [1.54, 1.807) is 36.4 Å². The van der Waals surface area contributed by atoms with Crippen LogP contribution in [-0.2, 0) is 16.2 Å². The molecule has 0 aromatic heterocycles. The van der Waals surface area contributed by atoms with Crippen LogP contribution in [0.25, 0.3) is 0 Å². The van der Waals surface area contributed by atoms with Gasteiger partial charge >= 0.3 is 11.8 Å². The van der Waals surface area contributed by atoms with E-state index in [-0.39, 0.29) is 6.61 Å². The van der Waals surface area contributed by atoms with Crippen molar-refractivity contribution in [3.8, 4) is 11.5 Å². The molecule has 0 aliphatic carbocycles. The highest BCUT2D eigenvalue weighted by Crippen LogP contribution is 2.29. The normalized spacial score (nSPS) is 10.7. The summed E-state index contributed by atoms with van der Waals surface area (Å²) in [7, 11) is 0. The van der Waals surface area contributed by atoms with Gasteiger partial charge in [-0.2, -0.15) is 5.10 Å². The van der Waals surface area contributed by atoms with Gasteiger partial charge in [0.15, 0.2) is 11.5 Å². The molecule has 0 saturated heterocycles. The van der Waals surface area contributed by atoms with E-state index in [1.165, 1.54) is 6.21 Å². The number of nitrogens with one attached hydrogen (secondary N) is 2. The number of ether oxygens (including phenoxy) is 2. The number of carbonyl (C=O) groups is 2. The minimum Gasteiger partial charge on any atom is -0.490 e. The van der Waals surface area contributed by atoms with Crippen molar-refractivity contribution in [3.05, 3.63) is 86.8 Å². The summed E-state index contributed by atoms with van der Waals surface area (Å²) in [4.78, 5) is 24.2. The van der Waals surface area contributed by atoms with Gasteiger partial charge in [0.1, 0.15) is 6.61 Å². The molecule has 0 fully saturated rings. The number of amides is 2. The molecule has 0 spiro atoms. The van der Waals surface area contributed by atoms with E-state index in [2.05, 4.69) is 31.8 Å². The number of aryl methyl sites for hydroxylation is 1. The molecule has 3 aromatic rings. The smallest absolute Gasteiger partial charge is 0.329 e. The maximum absolute atomic E-state index is 12.1. The summed E-state index contributed by atoms with van der Waals surface area (Å²) in [5, 5.41) is 7.05. The van der Waals surface area contributed by atoms with Crippen LogP contribution in [0.2, 0.25) is 5.02 Å². The lowest BCUT2D eigenvalue weighted by atomic mass is 10.2. The average molecular weight is 545 g/mol. The van der Waals surface area contributed by atoms with Crippen molar-refractivity contribution >= 4 is 51.2 Å². The van der Waals surface area contributed by atoms with E-state index in [4.69, 9.17) is 21.1 Å². The van der Waals surface area contributed by atoms with Crippen molar-refractivity contribution in [2.24, 2.45) is 5.10 Å². The molecule has 2 N–H and O–H groups in total. The molecule has 7 nitrogen and oxygen atoms in total. The number of anilines is 1. The molecular formula is C25H23BrClN3O4. The first-order valence-corrected chi connectivity index (χ1v) is 11.6. The Morgan fingerprint density at radius 2 is 1.82 bits per heavy atom. The zero-order valence-electron chi connectivity index (χ0n) is 18.6. The quantitative estimate of drug-likeness (QED) is 0.223. The monoisotopic (exact) mass is 543 g/mol. The van der Waals surface area contributed by atoms with Crippen LogP contribution in [0.4, 0.5) is 5.69 Å². The lowest BCUT2D eigenvalue weighted by molar-refractivity contribution is -0.136. The minimum absolute atomic E-state index is 0.288. The van der Waals surface area contributed by atoms with Gasteiger partial charge in [0, 0.05) is 20.7 Å². The predicted molar refractivity (Wildman–Crippen MR) is 137 cm³/mol. The molecule has 0 atom stereocenters. The maximum Gasteiger partial charge on any atom is 0.329 e. The molecule has 2 amide bonds. The average Bonchev–Trinajstić information content (AvgIpc) is 2.81. The molecule has 0 saturated carbocycles. The highest BCUT2D eigenvalue weighted by Gasteiger charge is 2.14. The van der Waals surface area contributed by atoms with Crippen molar-refractivity contribution in [2.75, 3.05) is 11.9 Å². The topological polar surface area (TPSA) is 89.0 Å². The van der Waals surface area contributed by atoms with Gasteiger partial charge in [-0.05, 0) is 67.4 Å². The molecule has 0 radical (unpaired) electrons. The number of hydrogen-bond acceptors (Lipinski definition) is 5. The number of hydrogen-bond donors (Lipinski definition) is 2. The largest absolute Gasteiger partial charge is 0.490 e. The highest BCUT2D eigenvalue weighted by molar-refractivity contribution is 9.10. The third-order valence-electron chi connectivity index (χ3n) is 4.63. The second kappa shape index (κ2) is 12.2. The van der Waals surface area contributed by atoms with Gasteiger partial charge in [-0.15, -0.1) is 0 Å². The summed E-state index contributed by atoms with van der Waals surface area (Å²) in [5.41, 5.74) is 5.09. The van der Waals surface area contributed by atoms with Crippen LogP contribution in [0.3, 0.4) is 0 Å². The lowest BCUT2D eigenvalue weighted by Gasteiger charge is -2.13. The van der Waals surface area contributed by atoms with Gasteiger partial charge in [-0.25, -0.2) is 5.43 Å². The van der Waals surface area contributed by atoms with E-state index in [1.807, 2.05) is 38.1 Å². The second-order valence-corrected chi connectivity index (χ2v) is 8.45. The number of nitrogens with zero attached hydrogens (tertiary/aromatic N) is 1. The van der Waals surface area contributed by atoms with Crippen LogP contribution >= 0.6 is 27.5 Å². The van der Waals surface area contributed by atoms with E-state index >= 15 is 0 Å². The first kappa shape index (κ1) is 25.3. The zero-order valence-corrected chi connectivity index (χ0v) is 20.9. The molecule has 0 heterocycles. The van der Waals surface area contributed by atoms with E-state index in [0.29, 0.717) is 34.4 Å². The number of halogens is 2. The fourth-order valence-corrected chi connectivity index (χ4v) is 3.59. The molecule has 3 rings (SSSR count). The number of hydrazone groups is 1. The molecule has 0 aliphatic heterocycles. The Labute approximate surface area is 211 Å². The number of rotatable bonds is 8. The van der Waals surface area contributed by atoms with Crippen molar-refractivity contribution in [1.82, 2.24) is 5.43 Å². The van der Waals surface area contributed by atoms with E-state index < -0.39 is 11.8 Å². The Hall–Kier alpha value is -3.36. The fourth-order valence-electron chi connectivity index (χ4n) is 2.93. The molecule has 3 aromatic carbocycles. The van der Waals surface area contributed by atoms with Crippen LogP contribution in [-0.4, -0.2) is 24.6 Å². The first-order valence-electron chi connectivity index (χ1n) is 10.4. The Bertz CT molecular complexity index is 1220. The molecule has 0 unspecified atom stereocenters. The molecule has 34 heavy (non-hydrogen) atoms. The summed E-state index contributed by atoms with van der Waals surface area (Å²) in [6.07, 6.45) is 1.41. The summed E-state index contributed by atoms with van der Waals surface area (Å²) in [5.74, 6) is -0.635. The van der Waals surface area contributed by atoms with Gasteiger partial charge in [0.2, 0.25) is 0 Å². The number of carbonyl (C=O) groups excluding carboxylic acids is 2. The fraction of sp³-hybridized carbons (Fsp3) is 0.160. The Balaban J connectivity index is 1.61. The molecular weight excluding hydrogens is 522 g/mol. The van der Waals surface area contributed by atoms with Crippen LogP contribution in [0.5, 0.6) is 11.5 Å². The van der Waals surface area contributed by atoms with Crippen molar-refractivity contribution < 1.29 is 19.1 Å². The highest BCUT2D eigenvalue weighted by atomic mass is 79.9.